The van der Waals surface area contributed by atoms with Gasteiger partial charge in [-0.25, -0.2) is 4.58 Å². The molecule has 126 valence electrons. The molecule has 6 atom stereocenters. The van der Waals surface area contributed by atoms with Gasteiger partial charge >= 0.3 is 0 Å². The van der Waals surface area contributed by atoms with Crippen LogP contribution in [0.4, 0.5) is 0 Å². The zero-order chi connectivity index (χ0) is 16.6. The zero-order valence-electron chi connectivity index (χ0n) is 14.5. The van der Waals surface area contributed by atoms with E-state index in [0.717, 1.165) is 44.7 Å². The molecule has 1 heterocycles. The number of hydrogen-bond acceptors (Lipinski definition) is 3. The van der Waals surface area contributed by atoms with E-state index >= 15 is 0 Å². The molecular weight excluding hydrogens is 290 g/mol. The van der Waals surface area contributed by atoms with Gasteiger partial charge in [-0.1, -0.05) is 19.1 Å². The summed E-state index contributed by atoms with van der Waals surface area (Å²) in [5.41, 5.74) is 1.12. The van der Waals surface area contributed by atoms with Crippen molar-refractivity contribution in [3.63, 3.8) is 0 Å². The molecule has 4 aliphatic carbocycles. The van der Waals surface area contributed by atoms with Crippen molar-refractivity contribution in [3.8, 4) is 0 Å². The summed E-state index contributed by atoms with van der Waals surface area (Å²) < 4.78 is 7.90. The van der Waals surface area contributed by atoms with Crippen LogP contribution in [0.15, 0.2) is 12.2 Å². The molecule has 2 unspecified atom stereocenters. The summed E-state index contributed by atoms with van der Waals surface area (Å²) in [5.74, 6) is 0.592. The number of morpholine rings is 1. The van der Waals surface area contributed by atoms with Gasteiger partial charge in [-0.05, 0) is 32.6 Å². The summed E-state index contributed by atoms with van der Waals surface area (Å²) in [6, 6.07) is 0. The molecule has 0 amide bonds. The standard InChI is InChI=1S/C19H28NO3/c1-11(2)19-9-13-12(3)15(18(19,4)22)17(21)14(10-19)16(13)20-5-7-23-8-6-20/h12-15,22H,1,5-10H2,2-4H3/q+1/t12?,13-,14-,15+,18?,19-/m0/s1. The Bertz CT molecular complexity index is 612. The molecular formula is C19H28NO3+. The first kappa shape index (κ1) is 15.5. The maximum absolute atomic E-state index is 13.1. The molecule has 4 bridgehead atoms. The lowest BCUT2D eigenvalue weighted by Gasteiger charge is -2.65. The van der Waals surface area contributed by atoms with Gasteiger partial charge in [0.15, 0.2) is 24.6 Å². The average Bonchev–Trinajstić information content (AvgIpc) is 2.51. The van der Waals surface area contributed by atoms with Crippen molar-refractivity contribution in [1.82, 2.24) is 0 Å². The van der Waals surface area contributed by atoms with Crippen LogP contribution in [0.2, 0.25) is 0 Å². The van der Waals surface area contributed by atoms with Crippen LogP contribution in [-0.2, 0) is 9.53 Å². The van der Waals surface area contributed by atoms with E-state index in [0.29, 0.717) is 5.92 Å². The number of aliphatic hydroxyl groups is 1. The van der Waals surface area contributed by atoms with Crippen molar-refractivity contribution in [2.45, 2.75) is 39.2 Å². The fourth-order valence-corrected chi connectivity index (χ4v) is 6.24. The highest BCUT2D eigenvalue weighted by Gasteiger charge is 2.72. The highest BCUT2D eigenvalue weighted by molar-refractivity contribution is 6.09. The van der Waals surface area contributed by atoms with Crippen LogP contribution >= 0.6 is 0 Å². The topological polar surface area (TPSA) is 49.5 Å². The molecule has 5 rings (SSSR count). The summed E-state index contributed by atoms with van der Waals surface area (Å²) >= 11 is 0. The molecule has 0 aromatic heterocycles. The Labute approximate surface area is 138 Å². The van der Waals surface area contributed by atoms with Gasteiger partial charge in [0.05, 0.1) is 17.4 Å². The van der Waals surface area contributed by atoms with Crippen molar-refractivity contribution in [2.24, 2.45) is 29.1 Å². The van der Waals surface area contributed by atoms with Crippen molar-refractivity contribution in [1.29, 1.82) is 0 Å². The smallest absolute Gasteiger partial charge is 0.166 e. The number of hydrogen-bond donors (Lipinski definition) is 1. The predicted molar refractivity (Wildman–Crippen MR) is 87.6 cm³/mol. The Kier molecular flexibility index (Phi) is 3.21. The largest absolute Gasteiger partial charge is 0.388 e. The molecule has 1 aliphatic heterocycles. The maximum Gasteiger partial charge on any atom is 0.166 e. The van der Waals surface area contributed by atoms with Crippen LogP contribution in [0.5, 0.6) is 0 Å². The molecule has 4 heteroatoms. The Morgan fingerprint density at radius 1 is 1.35 bits per heavy atom. The highest BCUT2D eigenvalue weighted by atomic mass is 16.5. The van der Waals surface area contributed by atoms with E-state index in [4.69, 9.17) is 4.74 Å². The van der Waals surface area contributed by atoms with Crippen molar-refractivity contribution < 1.29 is 19.2 Å². The van der Waals surface area contributed by atoms with Crippen molar-refractivity contribution in [3.05, 3.63) is 12.2 Å². The monoisotopic (exact) mass is 318 g/mol. The molecule has 5 fully saturated rings. The minimum Gasteiger partial charge on any atom is -0.388 e. The van der Waals surface area contributed by atoms with Crippen molar-refractivity contribution >= 4 is 11.5 Å². The van der Waals surface area contributed by atoms with E-state index in [1.54, 1.807) is 0 Å². The average molecular weight is 318 g/mol. The molecule has 1 saturated heterocycles. The van der Waals surface area contributed by atoms with Gasteiger partial charge < -0.3 is 9.84 Å². The van der Waals surface area contributed by atoms with Gasteiger partial charge in [-0.3, -0.25) is 4.79 Å². The molecule has 5 aliphatic rings. The normalized spacial score (nSPS) is 49.0. The second-order valence-electron chi connectivity index (χ2n) is 8.34. The van der Waals surface area contributed by atoms with E-state index in [1.807, 2.05) is 13.8 Å². The number of carbonyl (C=O) groups is 1. The third-order valence-electron chi connectivity index (χ3n) is 7.44. The quantitative estimate of drug-likeness (QED) is 0.591. The van der Waals surface area contributed by atoms with Crippen LogP contribution in [0.3, 0.4) is 0 Å². The summed E-state index contributed by atoms with van der Waals surface area (Å²) in [5, 5.41) is 11.3. The molecule has 0 aromatic carbocycles. The Morgan fingerprint density at radius 2 is 2.00 bits per heavy atom. The minimum atomic E-state index is -0.959. The third-order valence-corrected chi connectivity index (χ3v) is 7.44. The lowest BCUT2D eigenvalue weighted by Crippen LogP contribution is -2.73. The van der Waals surface area contributed by atoms with Crippen LogP contribution in [0, 0.1) is 29.1 Å². The molecule has 1 N–H and O–H groups in total. The number of ketones is 1. The summed E-state index contributed by atoms with van der Waals surface area (Å²) in [6.07, 6.45) is 1.67. The molecule has 23 heavy (non-hydrogen) atoms. The summed E-state index contributed by atoms with van der Waals surface area (Å²) in [7, 11) is 0. The maximum atomic E-state index is 13.1. The molecule has 0 aromatic rings. The summed E-state index contributed by atoms with van der Waals surface area (Å²) in [6.45, 7) is 13.6. The molecule has 0 radical (unpaired) electrons. The second kappa shape index (κ2) is 4.76. The highest BCUT2D eigenvalue weighted by Crippen LogP contribution is 2.66. The second-order valence-corrected chi connectivity index (χ2v) is 8.34. The Hall–Kier alpha value is -1.00. The number of ether oxygens (including phenoxy) is 1. The van der Waals surface area contributed by atoms with Crippen LogP contribution in [0.25, 0.3) is 0 Å². The van der Waals surface area contributed by atoms with E-state index in [9.17, 15) is 9.90 Å². The molecule has 4 saturated carbocycles. The SMILES string of the molecule is C=C(C)[C@@]12C[C@@H]3C(=O)[C@@H](C(C)[C@H](C1)C3=[N+]1CCOCC1)C2(C)O. The fourth-order valence-electron chi connectivity index (χ4n) is 6.24. The van der Waals surface area contributed by atoms with Gasteiger partial charge in [0.1, 0.15) is 13.2 Å². The third kappa shape index (κ3) is 1.74. The van der Waals surface area contributed by atoms with Gasteiger partial charge in [0, 0.05) is 11.3 Å². The first-order chi connectivity index (χ1) is 10.8. The number of carbonyl (C=O) groups excluding carboxylic acids is 1. The van der Waals surface area contributed by atoms with E-state index in [-0.39, 0.29) is 29.0 Å². The first-order valence-electron chi connectivity index (χ1n) is 8.93. The number of Topliss-reactive ketones (excluding diaryl/α,β-unsaturated/α-hetero) is 1. The molecule has 4 nitrogen and oxygen atoms in total. The van der Waals surface area contributed by atoms with Gasteiger partial charge in [-0.15, -0.1) is 0 Å². The fraction of sp³-hybridized carbons (Fsp3) is 0.789. The van der Waals surface area contributed by atoms with E-state index in [1.165, 1.54) is 5.71 Å². The lowest BCUT2D eigenvalue weighted by molar-refractivity contribution is -0.555. The minimum absolute atomic E-state index is 0.0232. The number of rotatable bonds is 1. The molecule has 0 spiro atoms. The van der Waals surface area contributed by atoms with Gasteiger partial charge in [0.2, 0.25) is 0 Å². The predicted octanol–water partition coefficient (Wildman–Crippen LogP) is 1.66. The van der Waals surface area contributed by atoms with E-state index in [2.05, 4.69) is 18.1 Å². The van der Waals surface area contributed by atoms with Crippen molar-refractivity contribution in [2.75, 3.05) is 26.3 Å². The summed E-state index contributed by atoms with van der Waals surface area (Å²) in [4.78, 5) is 13.1. The first-order valence-corrected chi connectivity index (χ1v) is 8.93. The van der Waals surface area contributed by atoms with Crippen LogP contribution in [-0.4, -0.2) is 53.1 Å². The van der Waals surface area contributed by atoms with Crippen LogP contribution < -0.4 is 0 Å². The lowest BCUT2D eigenvalue weighted by atomic mass is 9.38. The Balaban J connectivity index is 1.86. The van der Waals surface area contributed by atoms with Crippen LogP contribution in [0.1, 0.15) is 33.6 Å². The van der Waals surface area contributed by atoms with Gasteiger partial charge in [0.25, 0.3) is 0 Å². The van der Waals surface area contributed by atoms with E-state index < -0.39 is 5.60 Å². The zero-order valence-corrected chi connectivity index (χ0v) is 14.5. The van der Waals surface area contributed by atoms with Gasteiger partial charge in [-0.2, -0.15) is 0 Å². The Morgan fingerprint density at radius 3 is 2.61 bits per heavy atom. The number of nitrogens with zero attached hydrogens (tertiary/aromatic N) is 1.